The van der Waals surface area contributed by atoms with E-state index in [1.807, 2.05) is 21.5 Å². The van der Waals surface area contributed by atoms with Crippen molar-refractivity contribution < 1.29 is 0 Å². The van der Waals surface area contributed by atoms with Crippen LogP contribution in [0.4, 0.5) is 0 Å². The molecule has 0 aliphatic heterocycles. The number of para-hydroxylation sites is 2. The topological polar surface area (TPSA) is 35.6 Å². The van der Waals surface area contributed by atoms with Gasteiger partial charge in [0.1, 0.15) is 11.4 Å². The van der Waals surface area contributed by atoms with Crippen LogP contribution in [0.15, 0.2) is 121 Å². The van der Waals surface area contributed by atoms with Crippen molar-refractivity contribution in [1.29, 1.82) is 0 Å². The van der Waals surface area contributed by atoms with Gasteiger partial charge in [-0.05, 0) is 49.2 Å². The maximum absolute atomic E-state index is 5.09. The second-order valence-corrected chi connectivity index (χ2v) is 8.96. The maximum Gasteiger partial charge on any atom is 0.114 e. The first-order valence-electron chi connectivity index (χ1n) is 12.1. The molecule has 0 atom stereocenters. The summed E-state index contributed by atoms with van der Waals surface area (Å²) < 4.78 is 4.07. The first kappa shape index (κ1) is 21.8. The van der Waals surface area contributed by atoms with Gasteiger partial charge >= 0.3 is 0 Å². The molecule has 4 aromatic carbocycles. The molecule has 0 saturated heterocycles. The molecule has 0 aliphatic carbocycles. The van der Waals surface area contributed by atoms with E-state index in [9.17, 15) is 0 Å². The number of benzene rings is 4. The van der Waals surface area contributed by atoms with E-state index in [-0.39, 0.29) is 0 Å². The lowest BCUT2D eigenvalue weighted by Crippen LogP contribution is -2.02. The molecular weight excluding hydrogens is 440 g/mol. The Bertz CT molecular complexity index is 1520. The highest BCUT2D eigenvalue weighted by Crippen LogP contribution is 2.33. The minimum absolute atomic E-state index is 0.835. The zero-order chi connectivity index (χ0) is 24.5. The van der Waals surface area contributed by atoms with Crippen LogP contribution in [-0.2, 0) is 0 Å². The van der Waals surface area contributed by atoms with Crippen LogP contribution in [0.25, 0.3) is 45.3 Å². The Morgan fingerprint density at radius 2 is 0.806 bits per heavy atom. The number of aromatic nitrogens is 4. The van der Waals surface area contributed by atoms with Crippen LogP contribution in [0.2, 0.25) is 0 Å². The molecule has 0 fully saturated rings. The van der Waals surface area contributed by atoms with Gasteiger partial charge in [0.25, 0.3) is 0 Å². The van der Waals surface area contributed by atoms with Gasteiger partial charge in [-0.15, -0.1) is 0 Å². The van der Waals surface area contributed by atoms with E-state index in [0.717, 1.165) is 45.3 Å². The zero-order valence-electron chi connectivity index (χ0n) is 20.3. The minimum Gasteiger partial charge on any atom is -0.232 e. The van der Waals surface area contributed by atoms with Crippen molar-refractivity contribution in [1.82, 2.24) is 19.6 Å². The first-order chi connectivity index (χ1) is 17.7. The third kappa shape index (κ3) is 3.93. The van der Waals surface area contributed by atoms with Crippen LogP contribution in [-0.4, -0.2) is 19.6 Å². The van der Waals surface area contributed by atoms with E-state index in [2.05, 4.69) is 123 Å². The standard InChI is InChI=1S/C32H26N4/c1-23-13-9-11-19-29(23)35-31(25-15-5-3-6-16-25)21-27(33-35)28-22-32(26-17-7-4-8-18-26)36(34-28)30-20-12-10-14-24(30)2/h3-22H,1-2H3. The number of rotatable bonds is 5. The van der Waals surface area contributed by atoms with E-state index >= 15 is 0 Å². The normalized spacial score (nSPS) is 11.1. The molecule has 0 amide bonds. The Morgan fingerprint density at radius 3 is 1.19 bits per heavy atom. The second kappa shape index (κ2) is 9.16. The lowest BCUT2D eigenvalue weighted by molar-refractivity contribution is 0.863. The summed E-state index contributed by atoms with van der Waals surface area (Å²) in [5.74, 6) is 0. The summed E-state index contributed by atoms with van der Waals surface area (Å²) in [5, 5.41) is 10.2. The van der Waals surface area contributed by atoms with Gasteiger partial charge in [-0.2, -0.15) is 10.2 Å². The highest BCUT2D eigenvalue weighted by molar-refractivity contribution is 5.73. The SMILES string of the molecule is Cc1ccccc1-n1nc(-c2cc(-c3ccccc3)n(-c3ccccc3C)n2)cc1-c1ccccc1. The molecule has 0 unspecified atom stereocenters. The fourth-order valence-electron chi connectivity index (χ4n) is 4.61. The van der Waals surface area contributed by atoms with Crippen molar-refractivity contribution in [3.8, 4) is 45.3 Å². The van der Waals surface area contributed by atoms with Gasteiger partial charge in [0.05, 0.1) is 22.8 Å². The van der Waals surface area contributed by atoms with Crippen molar-refractivity contribution in [2.75, 3.05) is 0 Å². The fourth-order valence-corrected chi connectivity index (χ4v) is 4.61. The molecule has 0 aliphatic rings. The van der Waals surface area contributed by atoms with Crippen LogP contribution < -0.4 is 0 Å². The summed E-state index contributed by atoms with van der Waals surface area (Å²) in [7, 11) is 0. The Hall–Kier alpha value is -4.70. The van der Waals surface area contributed by atoms with Gasteiger partial charge in [0.15, 0.2) is 0 Å². The number of hydrogen-bond donors (Lipinski definition) is 0. The quantitative estimate of drug-likeness (QED) is 0.261. The van der Waals surface area contributed by atoms with Crippen LogP contribution in [0, 0.1) is 13.8 Å². The van der Waals surface area contributed by atoms with Gasteiger partial charge in [-0.1, -0.05) is 97.1 Å². The molecule has 4 nitrogen and oxygen atoms in total. The minimum atomic E-state index is 0.835. The molecule has 0 saturated carbocycles. The van der Waals surface area contributed by atoms with Crippen molar-refractivity contribution in [3.63, 3.8) is 0 Å². The molecule has 174 valence electrons. The molecular formula is C32H26N4. The Morgan fingerprint density at radius 1 is 0.444 bits per heavy atom. The Kier molecular flexibility index (Phi) is 5.55. The third-order valence-electron chi connectivity index (χ3n) is 6.51. The van der Waals surface area contributed by atoms with Crippen LogP contribution in [0.3, 0.4) is 0 Å². The monoisotopic (exact) mass is 466 g/mol. The predicted octanol–water partition coefficient (Wildman–Crippen LogP) is 7.68. The molecule has 6 rings (SSSR count). The van der Waals surface area contributed by atoms with Crippen molar-refractivity contribution in [2.24, 2.45) is 0 Å². The van der Waals surface area contributed by atoms with Gasteiger partial charge < -0.3 is 0 Å². The third-order valence-corrected chi connectivity index (χ3v) is 6.51. The van der Waals surface area contributed by atoms with Crippen LogP contribution >= 0.6 is 0 Å². The summed E-state index contributed by atoms with van der Waals surface area (Å²) in [6, 6.07) is 41.8. The molecule has 6 aromatic rings. The van der Waals surface area contributed by atoms with E-state index in [1.165, 1.54) is 11.1 Å². The number of nitrogens with zero attached hydrogens (tertiary/aromatic N) is 4. The van der Waals surface area contributed by atoms with Crippen LogP contribution in [0.1, 0.15) is 11.1 Å². The molecule has 0 N–H and O–H groups in total. The highest BCUT2D eigenvalue weighted by Gasteiger charge is 2.19. The molecule has 0 bridgehead atoms. The molecule has 2 aromatic heterocycles. The van der Waals surface area contributed by atoms with Gasteiger partial charge in [0.2, 0.25) is 0 Å². The largest absolute Gasteiger partial charge is 0.232 e. The van der Waals surface area contributed by atoms with E-state index in [4.69, 9.17) is 10.2 Å². The lowest BCUT2D eigenvalue weighted by Gasteiger charge is -2.10. The maximum atomic E-state index is 5.09. The Labute approximate surface area is 211 Å². The van der Waals surface area contributed by atoms with Gasteiger partial charge in [-0.3, -0.25) is 0 Å². The molecule has 0 spiro atoms. The summed E-state index contributed by atoms with van der Waals surface area (Å²) in [4.78, 5) is 0. The van der Waals surface area contributed by atoms with Crippen molar-refractivity contribution >= 4 is 0 Å². The summed E-state index contributed by atoms with van der Waals surface area (Å²) in [6.07, 6.45) is 0. The summed E-state index contributed by atoms with van der Waals surface area (Å²) >= 11 is 0. The Balaban J connectivity index is 1.57. The summed E-state index contributed by atoms with van der Waals surface area (Å²) in [6.45, 7) is 4.23. The fraction of sp³-hybridized carbons (Fsp3) is 0.0625. The molecule has 0 radical (unpaired) electrons. The second-order valence-electron chi connectivity index (χ2n) is 8.96. The summed E-state index contributed by atoms with van der Waals surface area (Å²) in [5.41, 5.74) is 10.4. The van der Waals surface area contributed by atoms with E-state index < -0.39 is 0 Å². The molecule has 2 heterocycles. The van der Waals surface area contributed by atoms with Gasteiger partial charge in [-0.25, -0.2) is 9.36 Å². The van der Waals surface area contributed by atoms with Crippen molar-refractivity contribution in [2.45, 2.75) is 13.8 Å². The number of hydrogen-bond acceptors (Lipinski definition) is 2. The first-order valence-corrected chi connectivity index (χ1v) is 12.1. The number of aryl methyl sites for hydroxylation is 2. The zero-order valence-corrected chi connectivity index (χ0v) is 20.3. The molecule has 36 heavy (non-hydrogen) atoms. The predicted molar refractivity (Wildman–Crippen MR) is 146 cm³/mol. The average Bonchev–Trinajstić information content (AvgIpc) is 3.56. The van der Waals surface area contributed by atoms with E-state index in [1.54, 1.807) is 0 Å². The molecule has 4 heteroatoms. The highest BCUT2D eigenvalue weighted by atomic mass is 15.3. The lowest BCUT2D eigenvalue weighted by atomic mass is 10.1. The van der Waals surface area contributed by atoms with E-state index in [0.29, 0.717) is 0 Å². The average molecular weight is 467 g/mol. The van der Waals surface area contributed by atoms with Crippen LogP contribution in [0.5, 0.6) is 0 Å². The van der Waals surface area contributed by atoms with Gasteiger partial charge in [0, 0.05) is 11.1 Å². The smallest absolute Gasteiger partial charge is 0.114 e. The van der Waals surface area contributed by atoms with Crippen molar-refractivity contribution in [3.05, 3.63) is 132 Å².